The maximum Gasteiger partial charge on any atom is 0.220 e. The van der Waals surface area contributed by atoms with Crippen molar-refractivity contribution in [1.82, 2.24) is 5.32 Å². The van der Waals surface area contributed by atoms with Crippen LogP contribution in [0.15, 0.2) is 103 Å². The summed E-state index contributed by atoms with van der Waals surface area (Å²) in [6.07, 6.45) is 35.7. The van der Waals surface area contributed by atoms with Crippen molar-refractivity contribution in [1.29, 1.82) is 0 Å². The summed E-state index contributed by atoms with van der Waals surface area (Å²) in [6, 6.07) is 10.4. The lowest BCUT2D eigenvalue weighted by Crippen LogP contribution is -2.24. The van der Waals surface area contributed by atoms with Crippen molar-refractivity contribution >= 4 is 5.91 Å². The average molecular weight is 446 g/mol. The summed E-state index contributed by atoms with van der Waals surface area (Å²) in [5.74, 6) is 0.141. The Balaban J connectivity index is 1.93. The minimum absolute atomic E-state index is 0.141. The smallest absolute Gasteiger partial charge is 0.220 e. The van der Waals surface area contributed by atoms with Gasteiger partial charge in [-0.2, -0.15) is 0 Å². The highest BCUT2D eigenvalue weighted by atomic mass is 16.1. The highest BCUT2D eigenvalue weighted by molar-refractivity contribution is 5.75. The SMILES string of the molecule is CC/C=C\C/C=C\C/C=C\C/C=C\C/C=C\C/C=C\CCC(=O)NCCCc1ccccc1. The summed E-state index contributed by atoms with van der Waals surface area (Å²) in [4.78, 5) is 11.9. The van der Waals surface area contributed by atoms with E-state index in [1.807, 2.05) is 6.07 Å². The van der Waals surface area contributed by atoms with Crippen LogP contribution in [0.1, 0.15) is 70.3 Å². The average Bonchev–Trinajstić information content (AvgIpc) is 2.84. The fraction of sp³-hybridized carbons (Fsp3) is 0.387. The second-order valence-corrected chi connectivity index (χ2v) is 7.89. The Bertz CT molecular complexity index is 765. The van der Waals surface area contributed by atoms with Crippen LogP contribution in [0.2, 0.25) is 0 Å². The van der Waals surface area contributed by atoms with Crippen molar-refractivity contribution < 1.29 is 4.79 Å². The number of benzene rings is 1. The predicted octanol–water partition coefficient (Wildman–Crippen LogP) is 8.21. The molecule has 0 aliphatic rings. The molecule has 1 N–H and O–H groups in total. The fourth-order valence-corrected chi connectivity index (χ4v) is 3.11. The molecule has 33 heavy (non-hydrogen) atoms. The summed E-state index contributed by atoms with van der Waals surface area (Å²) in [5, 5.41) is 3.01. The normalized spacial score (nSPS) is 12.5. The number of carbonyl (C=O) groups excluding carboxylic acids is 1. The fourth-order valence-electron chi connectivity index (χ4n) is 3.11. The number of amides is 1. The van der Waals surface area contributed by atoms with E-state index in [4.69, 9.17) is 0 Å². The Morgan fingerprint density at radius 1 is 0.697 bits per heavy atom. The van der Waals surface area contributed by atoms with Gasteiger partial charge in [0.05, 0.1) is 0 Å². The van der Waals surface area contributed by atoms with Gasteiger partial charge in [-0.05, 0) is 63.4 Å². The van der Waals surface area contributed by atoms with Crippen molar-refractivity contribution in [3.63, 3.8) is 0 Å². The molecule has 0 unspecified atom stereocenters. The van der Waals surface area contributed by atoms with Crippen LogP contribution in [0.5, 0.6) is 0 Å². The summed E-state index contributed by atoms with van der Waals surface area (Å²) in [6.45, 7) is 2.90. The maximum atomic E-state index is 11.9. The summed E-state index contributed by atoms with van der Waals surface area (Å²) in [5.41, 5.74) is 1.32. The number of nitrogens with one attached hydrogen (secondary N) is 1. The molecule has 0 heterocycles. The van der Waals surface area contributed by atoms with Gasteiger partial charge in [-0.1, -0.05) is 110 Å². The molecular formula is C31H43NO. The number of rotatable bonds is 18. The van der Waals surface area contributed by atoms with E-state index in [1.54, 1.807) is 0 Å². The first-order chi connectivity index (χ1) is 16.3. The number of allylic oxidation sites excluding steroid dienone is 12. The molecule has 0 bridgehead atoms. The van der Waals surface area contributed by atoms with Crippen molar-refractivity contribution in [2.45, 2.75) is 71.1 Å². The highest BCUT2D eigenvalue weighted by Crippen LogP contribution is 2.02. The summed E-state index contributed by atoms with van der Waals surface area (Å²) < 4.78 is 0. The van der Waals surface area contributed by atoms with Gasteiger partial charge in [0, 0.05) is 13.0 Å². The number of hydrogen-bond acceptors (Lipinski definition) is 1. The van der Waals surface area contributed by atoms with Crippen LogP contribution >= 0.6 is 0 Å². The predicted molar refractivity (Wildman–Crippen MR) is 145 cm³/mol. The van der Waals surface area contributed by atoms with Gasteiger partial charge in [-0.15, -0.1) is 0 Å². The molecule has 1 amide bonds. The molecule has 0 aliphatic heterocycles. The first-order valence-electron chi connectivity index (χ1n) is 12.5. The quantitative estimate of drug-likeness (QED) is 0.179. The second-order valence-electron chi connectivity index (χ2n) is 7.89. The molecular weight excluding hydrogens is 402 g/mol. The number of carbonyl (C=O) groups is 1. The summed E-state index contributed by atoms with van der Waals surface area (Å²) in [7, 11) is 0. The van der Waals surface area contributed by atoms with Gasteiger partial charge in [-0.3, -0.25) is 4.79 Å². The van der Waals surface area contributed by atoms with Gasteiger partial charge in [-0.25, -0.2) is 0 Å². The van der Waals surface area contributed by atoms with Gasteiger partial charge >= 0.3 is 0 Å². The standard InChI is InChI=1S/C31H43NO/c1-2-3-4-5-6-7-8-9-10-11-12-13-14-15-16-17-18-19-23-28-31(33)32-29-24-27-30-25-21-20-22-26-30/h3-4,6-7,9-10,12-13,15-16,18-22,25-26H,2,5,8,11,14,17,23-24,27-29H2,1H3,(H,32,33)/b4-3-,7-6-,10-9-,13-12-,16-15-,19-18-. The Hall–Kier alpha value is -2.87. The zero-order valence-corrected chi connectivity index (χ0v) is 20.5. The lowest BCUT2D eigenvalue weighted by atomic mass is 10.1. The van der Waals surface area contributed by atoms with Gasteiger partial charge in [0.2, 0.25) is 5.91 Å². The van der Waals surface area contributed by atoms with E-state index in [2.05, 4.69) is 109 Å². The van der Waals surface area contributed by atoms with Gasteiger partial charge in [0.1, 0.15) is 0 Å². The first-order valence-corrected chi connectivity index (χ1v) is 12.5. The van der Waals surface area contributed by atoms with E-state index in [1.165, 1.54) is 5.56 Å². The molecule has 0 atom stereocenters. The van der Waals surface area contributed by atoms with E-state index in [0.29, 0.717) is 6.42 Å². The molecule has 1 aromatic rings. The van der Waals surface area contributed by atoms with Crippen molar-refractivity contribution in [2.24, 2.45) is 0 Å². The molecule has 0 saturated carbocycles. The number of hydrogen-bond donors (Lipinski definition) is 1. The Kier molecular flexibility index (Phi) is 19.1. The highest BCUT2D eigenvalue weighted by Gasteiger charge is 1.98. The van der Waals surface area contributed by atoms with Gasteiger partial charge < -0.3 is 5.32 Å². The Labute approximate surface area is 202 Å². The molecule has 2 nitrogen and oxygen atoms in total. The molecule has 178 valence electrons. The van der Waals surface area contributed by atoms with E-state index in [0.717, 1.165) is 64.3 Å². The van der Waals surface area contributed by atoms with E-state index in [9.17, 15) is 4.79 Å². The molecule has 1 rings (SSSR count). The molecule has 1 aromatic carbocycles. The van der Waals surface area contributed by atoms with Crippen LogP contribution in [0.3, 0.4) is 0 Å². The molecule has 0 spiro atoms. The van der Waals surface area contributed by atoms with Gasteiger partial charge in [0.15, 0.2) is 0 Å². The topological polar surface area (TPSA) is 29.1 Å². The van der Waals surface area contributed by atoms with Crippen molar-refractivity contribution in [3.05, 3.63) is 109 Å². The third-order valence-electron chi connectivity index (χ3n) is 4.94. The maximum absolute atomic E-state index is 11.9. The monoisotopic (exact) mass is 445 g/mol. The Morgan fingerprint density at radius 2 is 1.18 bits per heavy atom. The van der Waals surface area contributed by atoms with E-state index in [-0.39, 0.29) is 5.91 Å². The lowest BCUT2D eigenvalue weighted by molar-refractivity contribution is -0.121. The van der Waals surface area contributed by atoms with Crippen LogP contribution in [0.4, 0.5) is 0 Å². The van der Waals surface area contributed by atoms with Crippen LogP contribution in [0.25, 0.3) is 0 Å². The molecule has 0 saturated heterocycles. The molecule has 0 aromatic heterocycles. The molecule has 0 radical (unpaired) electrons. The molecule has 0 aliphatic carbocycles. The molecule has 2 heteroatoms. The van der Waals surface area contributed by atoms with Crippen LogP contribution in [0, 0.1) is 0 Å². The van der Waals surface area contributed by atoms with E-state index < -0.39 is 0 Å². The largest absolute Gasteiger partial charge is 0.356 e. The number of aryl methyl sites for hydroxylation is 1. The summed E-state index contributed by atoms with van der Waals surface area (Å²) >= 11 is 0. The zero-order chi connectivity index (χ0) is 23.7. The lowest BCUT2D eigenvalue weighted by Gasteiger charge is -2.04. The minimum Gasteiger partial charge on any atom is -0.356 e. The van der Waals surface area contributed by atoms with Crippen LogP contribution < -0.4 is 5.32 Å². The van der Waals surface area contributed by atoms with Crippen LogP contribution in [-0.2, 0) is 11.2 Å². The zero-order valence-electron chi connectivity index (χ0n) is 20.5. The minimum atomic E-state index is 0.141. The first kappa shape index (κ1) is 28.2. The molecule has 0 fully saturated rings. The van der Waals surface area contributed by atoms with Crippen molar-refractivity contribution in [2.75, 3.05) is 6.54 Å². The van der Waals surface area contributed by atoms with Crippen molar-refractivity contribution in [3.8, 4) is 0 Å². The Morgan fingerprint density at radius 3 is 1.70 bits per heavy atom. The third-order valence-corrected chi connectivity index (χ3v) is 4.94. The van der Waals surface area contributed by atoms with Crippen LogP contribution in [-0.4, -0.2) is 12.5 Å². The second kappa shape index (κ2) is 22.3. The van der Waals surface area contributed by atoms with Gasteiger partial charge in [0.25, 0.3) is 0 Å². The van der Waals surface area contributed by atoms with E-state index >= 15 is 0 Å². The third kappa shape index (κ3) is 19.5.